The quantitative estimate of drug-likeness (QED) is 0.467. The fraction of sp³-hybridized carbons (Fsp3) is 0. The summed E-state index contributed by atoms with van der Waals surface area (Å²) in [5.41, 5.74) is 0. The summed E-state index contributed by atoms with van der Waals surface area (Å²) in [6.07, 6.45) is 0. The highest BCUT2D eigenvalue weighted by molar-refractivity contribution is 14.1. The van der Waals surface area contributed by atoms with Crippen molar-refractivity contribution in [3.8, 4) is 0 Å². The Hall–Kier alpha value is 0.130. The molecule has 0 saturated carbocycles. The van der Waals surface area contributed by atoms with Crippen LogP contribution in [0.1, 0.15) is 12.3 Å². The summed E-state index contributed by atoms with van der Waals surface area (Å²) in [6.45, 7) is 0. The van der Waals surface area contributed by atoms with Crippen LogP contribution in [-0.4, -0.2) is 0 Å². The van der Waals surface area contributed by atoms with E-state index >= 15 is 0 Å². The molecule has 0 N–H and O–H groups in total. The lowest BCUT2D eigenvalue weighted by atomic mass is 10.4. The van der Waals surface area contributed by atoms with Crippen molar-refractivity contribution in [3.05, 3.63) is 66.9 Å². The summed E-state index contributed by atoms with van der Waals surface area (Å²) in [7, 11) is 0. The summed E-state index contributed by atoms with van der Waals surface area (Å²) in [4.78, 5) is 0. The van der Waals surface area contributed by atoms with E-state index in [1.807, 2.05) is 0 Å². The average Bonchev–Trinajstić information content (AvgIpc) is 2.58. The lowest BCUT2D eigenvalue weighted by Crippen LogP contribution is -1.65. The molecule has 2 aromatic carbocycles. The van der Waals surface area contributed by atoms with Gasteiger partial charge in [0, 0.05) is 12.5 Å². The van der Waals surface area contributed by atoms with Crippen LogP contribution in [0.2, 0.25) is 0 Å². The summed E-state index contributed by atoms with van der Waals surface area (Å²) in [5, 5.41) is 0. The van der Waals surface area contributed by atoms with Crippen LogP contribution in [0.3, 0.4) is 0 Å². The molecule has 0 amide bonds. The molecule has 0 unspecified atom stereocenters. The van der Waals surface area contributed by atoms with Crippen LogP contribution in [0, 0.1) is 3.57 Å². The Kier molecular flexibility index (Phi) is 2.56. The van der Waals surface area contributed by atoms with Crippen molar-refractivity contribution in [1.29, 1.82) is 0 Å². The fourth-order valence-electron chi connectivity index (χ4n) is 0.517. The molecule has 2 aromatic rings. The van der Waals surface area contributed by atoms with Crippen LogP contribution in [0.4, 0.5) is 0 Å². The lowest BCUT2D eigenvalue weighted by Gasteiger charge is -1.86. The standard InChI is InChI=1S/C6H4BrI.C6H5Br/c7-5-1-3-6(8)4-2-5;7-6-4-2-1-3-5-6/h1-4H;1-5H/i1D,2D,3D,4D;1D,2D,3D,4D,5D. The third-order valence-corrected chi connectivity index (χ3v) is 2.37. The van der Waals surface area contributed by atoms with Crippen molar-refractivity contribution in [3.63, 3.8) is 0 Å². The van der Waals surface area contributed by atoms with Gasteiger partial charge < -0.3 is 0 Å². The number of hydrogen-bond acceptors (Lipinski definition) is 0. The number of rotatable bonds is 0. The molecule has 0 aromatic heterocycles. The molecule has 0 atom stereocenters. The topological polar surface area (TPSA) is 0 Å². The maximum absolute atomic E-state index is 7.39. The molecule has 0 radical (unpaired) electrons. The van der Waals surface area contributed by atoms with Gasteiger partial charge in [0.1, 0.15) is 0 Å². The van der Waals surface area contributed by atoms with E-state index in [1.54, 1.807) is 22.6 Å². The van der Waals surface area contributed by atoms with Crippen molar-refractivity contribution in [2.75, 3.05) is 0 Å². The maximum atomic E-state index is 7.39. The molecule has 15 heavy (non-hydrogen) atoms. The molecule has 0 spiro atoms. The van der Waals surface area contributed by atoms with Gasteiger partial charge in [0.2, 0.25) is 0 Å². The summed E-state index contributed by atoms with van der Waals surface area (Å²) >= 11 is 7.71. The van der Waals surface area contributed by atoms with Gasteiger partial charge in [0.05, 0.1) is 12.3 Å². The molecule has 0 fully saturated rings. The molecule has 0 aliphatic heterocycles. The lowest BCUT2D eigenvalue weighted by molar-refractivity contribution is 1.60. The van der Waals surface area contributed by atoms with E-state index in [0.29, 0.717) is 3.57 Å². The summed E-state index contributed by atoms with van der Waals surface area (Å²) < 4.78 is 66.4. The van der Waals surface area contributed by atoms with Gasteiger partial charge >= 0.3 is 0 Å². The number of hydrogen-bond donors (Lipinski definition) is 0. The van der Waals surface area contributed by atoms with E-state index in [4.69, 9.17) is 12.3 Å². The highest BCUT2D eigenvalue weighted by atomic mass is 127. The average molecular weight is 449 g/mol. The van der Waals surface area contributed by atoms with Crippen molar-refractivity contribution < 1.29 is 12.3 Å². The monoisotopic (exact) mass is 447 g/mol. The first-order valence-electron chi connectivity index (χ1n) is 8.07. The minimum Gasteiger partial charge on any atom is -0.0622 e. The van der Waals surface area contributed by atoms with E-state index < -0.39 is 0 Å². The fourth-order valence-corrected chi connectivity index (χ4v) is 1.18. The van der Waals surface area contributed by atoms with Crippen molar-refractivity contribution in [2.45, 2.75) is 0 Å². The zero-order valence-corrected chi connectivity index (χ0v) is 12.5. The zero-order chi connectivity index (χ0) is 18.9. The van der Waals surface area contributed by atoms with E-state index in [2.05, 4.69) is 31.9 Å². The molecule has 0 aliphatic carbocycles. The summed E-state index contributed by atoms with van der Waals surface area (Å²) in [6, 6.07) is -1.46. The Balaban J connectivity index is 0.000000240. The minimum absolute atomic E-state index is 0.00322. The summed E-state index contributed by atoms with van der Waals surface area (Å²) in [5.74, 6) is 0. The van der Waals surface area contributed by atoms with Crippen molar-refractivity contribution >= 4 is 54.5 Å². The first-order valence-corrected chi connectivity index (χ1v) is 6.23. The smallest absolute Gasteiger partial charge is 0.0622 e. The predicted octanol–water partition coefficient (Wildman–Crippen LogP) is 5.50. The molecular formula is C12H9Br2I. The Morgan fingerprint density at radius 1 is 0.800 bits per heavy atom. The Morgan fingerprint density at radius 2 is 1.27 bits per heavy atom. The largest absolute Gasteiger partial charge is 0.0635 e. The number of benzene rings is 2. The van der Waals surface area contributed by atoms with E-state index in [1.165, 1.54) is 0 Å². The van der Waals surface area contributed by atoms with Gasteiger partial charge in [0.25, 0.3) is 0 Å². The van der Waals surface area contributed by atoms with Crippen LogP contribution >= 0.6 is 54.5 Å². The molecule has 0 saturated heterocycles. The Labute approximate surface area is 133 Å². The molecule has 0 bridgehead atoms. The molecule has 2 rings (SSSR count). The van der Waals surface area contributed by atoms with Gasteiger partial charge in [-0.25, -0.2) is 0 Å². The van der Waals surface area contributed by atoms with Crippen LogP contribution in [0.15, 0.2) is 63.3 Å². The van der Waals surface area contributed by atoms with Crippen LogP contribution in [-0.2, 0) is 0 Å². The second kappa shape index (κ2) is 7.41. The van der Waals surface area contributed by atoms with Crippen molar-refractivity contribution in [2.24, 2.45) is 0 Å². The molecule has 0 heterocycles. The van der Waals surface area contributed by atoms with E-state index in [-0.39, 0.29) is 63.3 Å². The first kappa shape index (κ1) is 5.19. The highest BCUT2D eigenvalue weighted by Crippen LogP contribution is 2.11. The highest BCUT2D eigenvalue weighted by Gasteiger charge is 1.82. The third kappa shape index (κ3) is 6.33. The molecular weight excluding hydrogens is 431 g/mol. The van der Waals surface area contributed by atoms with Gasteiger partial charge in [-0.15, -0.1) is 0 Å². The zero-order valence-electron chi connectivity index (χ0n) is 16.1. The van der Waals surface area contributed by atoms with Crippen LogP contribution in [0.5, 0.6) is 0 Å². The number of halogens is 3. The molecule has 0 nitrogen and oxygen atoms in total. The van der Waals surface area contributed by atoms with Gasteiger partial charge in [-0.05, 0) is 58.8 Å². The minimum atomic E-state index is -0.367. The molecule has 0 aliphatic rings. The van der Waals surface area contributed by atoms with Crippen LogP contribution < -0.4 is 0 Å². The van der Waals surface area contributed by atoms with E-state index in [0.717, 1.165) is 0 Å². The predicted molar refractivity (Wildman–Crippen MR) is 81.0 cm³/mol. The van der Waals surface area contributed by atoms with Crippen molar-refractivity contribution in [1.82, 2.24) is 0 Å². The normalized spacial score (nSPS) is 17.4. The molecule has 78 valence electrons. The Bertz CT molecular complexity index is 533. The van der Waals surface area contributed by atoms with Gasteiger partial charge in [-0.3, -0.25) is 0 Å². The van der Waals surface area contributed by atoms with Gasteiger partial charge in [-0.2, -0.15) is 0 Å². The second-order valence-electron chi connectivity index (χ2n) is 2.07. The van der Waals surface area contributed by atoms with Crippen LogP contribution in [0.25, 0.3) is 0 Å². The SMILES string of the molecule is [2H]c1c([2H])c(I)c([2H])c([2H])c1Br.[2H]c1c([2H])c([2H])c(Br)c([2H])c1[2H]. The van der Waals surface area contributed by atoms with E-state index in [9.17, 15) is 0 Å². The third-order valence-electron chi connectivity index (χ3n) is 1.03. The van der Waals surface area contributed by atoms with Gasteiger partial charge in [-0.1, -0.05) is 50.0 Å². The molecule has 3 heteroatoms. The second-order valence-corrected chi connectivity index (χ2v) is 4.73. The Morgan fingerprint density at radius 3 is 1.80 bits per heavy atom. The maximum Gasteiger partial charge on any atom is 0.0635 e. The first-order chi connectivity index (χ1) is 10.9. The van der Waals surface area contributed by atoms with Gasteiger partial charge in [0.15, 0.2) is 0 Å².